The first-order chi connectivity index (χ1) is 18.9. The molecule has 0 radical (unpaired) electrons. The van der Waals surface area contributed by atoms with E-state index in [4.69, 9.17) is 9.47 Å². The third kappa shape index (κ3) is 7.85. The second-order valence-electron chi connectivity index (χ2n) is 9.72. The first kappa shape index (κ1) is 29.7. The Kier molecular flexibility index (Phi) is 11.4. The fourth-order valence-electron chi connectivity index (χ4n) is 4.93. The maximum absolute atomic E-state index is 13.3. The number of methoxy groups -OCH3 is 1. The van der Waals surface area contributed by atoms with Crippen LogP contribution in [0.2, 0.25) is 0 Å². The zero-order valence-electron chi connectivity index (χ0n) is 22.9. The number of carbonyl (C=O) groups is 3. The summed E-state index contributed by atoms with van der Waals surface area (Å²) in [5.74, 6) is -1.79. The fraction of sp³-hybridized carbons (Fsp3) is 0.452. The van der Waals surface area contributed by atoms with E-state index in [0.717, 1.165) is 19.3 Å². The van der Waals surface area contributed by atoms with Gasteiger partial charge >= 0.3 is 11.9 Å². The number of unbranched alkanes of at least 4 members (excludes halogenated alkanes) is 8. The third-order valence-electron chi connectivity index (χ3n) is 6.94. The van der Waals surface area contributed by atoms with Crippen molar-refractivity contribution in [1.82, 2.24) is 4.57 Å². The summed E-state index contributed by atoms with van der Waals surface area (Å²) in [6.45, 7) is 2.48. The maximum Gasteiger partial charge on any atom is 0.353 e. The highest BCUT2D eigenvalue weighted by Crippen LogP contribution is 2.30. The molecule has 0 spiro atoms. The van der Waals surface area contributed by atoms with Gasteiger partial charge in [-0.05, 0) is 30.7 Å². The minimum absolute atomic E-state index is 0.0334. The molecule has 2 aromatic carbocycles. The number of benzene rings is 2. The lowest BCUT2D eigenvalue weighted by molar-refractivity contribution is 0.0675. The van der Waals surface area contributed by atoms with Gasteiger partial charge in [0, 0.05) is 17.3 Å². The second-order valence-corrected chi connectivity index (χ2v) is 9.72. The summed E-state index contributed by atoms with van der Waals surface area (Å²) in [7, 11) is 1.42. The Morgan fingerprint density at radius 1 is 0.821 bits per heavy atom. The second kappa shape index (κ2) is 15.0. The van der Waals surface area contributed by atoms with Crippen molar-refractivity contribution in [1.29, 1.82) is 0 Å². The van der Waals surface area contributed by atoms with E-state index in [-0.39, 0.29) is 41.5 Å². The molecule has 1 heterocycles. The Bertz CT molecular complexity index is 1280. The van der Waals surface area contributed by atoms with Gasteiger partial charge in [0.05, 0.1) is 24.8 Å². The molecular formula is C31H39NO7. The van der Waals surface area contributed by atoms with Gasteiger partial charge in [0.2, 0.25) is 0 Å². The summed E-state index contributed by atoms with van der Waals surface area (Å²) in [6.07, 6.45) is 10.6. The van der Waals surface area contributed by atoms with Gasteiger partial charge in [-0.3, -0.25) is 4.79 Å². The number of para-hydroxylation sites is 1. The Hall–Kier alpha value is -3.81. The van der Waals surface area contributed by atoms with E-state index in [1.807, 2.05) is 6.07 Å². The highest BCUT2D eigenvalue weighted by Gasteiger charge is 2.26. The van der Waals surface area contributed by atoms with Crippen LogP contribution in [0.15, 0.2) is 42.5 Å². The minimum Gasteiger partial charge on any atom is -0.493 e. The number of aromatic carboxylic acids is 2. The lowest BCUT2D eigenvalue weighted by Crippen LogP contribution is -2.16. The molecule has 0 aliphatic heterocycles. The largest absolute Gasteiger partial charge is 0.493 e. The predicted molar refractivity (Wildman–Crippen MR) is 151 cm³/mol. The van der Waals surface area contributed by atoms with E-state index >= 15 is 0 Å². The van der Waals surface area contributed by atoms with Gasteiger partial charge in [0.15, 0.2) is 17.3 Å². The van der Waals surface area contributed by atoms with Gasteiger partial charge in [0.1, 0.15) is 12.3 Å². The molecule has 0 amide bonds. The number of ether oxygens (including phenoxy) is 2. The minimum atomic E-state index is -1.16. The molecule has 0 aliphatic carbocycles. The third-order valence-corrected chi connectivity index (χ3v) is 6.94. The number of carbonyl (C=O) groups excluding carboxylic acids is 1. The molecule has 210 valence electrons. The molecule has 0 saturated heterocycles. The number of hydrogen-bond donors (Lipinski definition) is 2. The number of carboxylic acid groups (broad SMARTS) is 2. The summed E-state index contributed by atoms with van der Waals surface area (Å²) >= 11 is 0. The number of ketones is 1. The van der Waals surface area contributed by atoms with E-state index in [0.29, 0.717) is 23.1 Å². The zero-order valence-corrected chi connectivity index (χ0v) is 22.9. The lowest BCUT2D eigenvalue weighted by Gasteiger charge is -2.13. The number of fused-ring (bicyclic) bond motifs is 1. The number of aromatic nitrogens is 1. The Morgan fingerprint density at radius 2 is 1.49 bits per heavy atom. The maximum atomic E-state index is 13.3. The van der Waals surface area contributed by atoms with Crippen LogP contribution in [0.25, 0.3) is 10.9 Å². The molecule has 39 heavy (non-hydrogen) atoms. The Labute approximate surface area is 229 Å². The zero-order chi connectivity index (χ0) is 28.2. The quantitative estimate of drug-likeness (QED) is 0.130. The van der Waals surface area contributed by atoms with Crippen molar-refractivity contribution in [2.45, 2.75) is 77.7 Å². The van der Waals surface area contributed by atoms with Crippen LogP contribution in [0.3, 0.4) is 0 Å². The van der Waals surface area contributed by atoms with E-state index in [2.05, 4.69) is 6.92 Å². The summed E-state index contributed by atoms with van der Waals surface area (Å²) in [4.78, 5) is 36.9. The standard InChI is InChI=1S/C31H39NO7/c1-3-4-5-6-7-8-9-10-11-16-25(33)28-23-14-12-13-15-24(23)32(29(28)31(36)37)19-20-39-26-18-17-22(30(34)35)21-27(26)38-2/h12-15,17-18,21H,3-11,16,19-20H2,1-2H3,(H,34,35)(H,36,37). The summed E-state index contributed by atoms with van der Waals surface area (Å²) in [5, 5.41) is 19.9. The molecular weight excluding hydrogens is 498 g/mol. The van der Waals surface area contributed by atoms with E-state index in [1.54, 1.807) is 22.8 Å². The van der Waals surface area contributed by atoms with Crippen molar-refractivity contribution in [2.24, 2.45) is 0 Å². The monoisotopic (exact) mass is 537 g/mol. The number of carboxylic acids is 2. The Balaban J connectivity index is 1.70. The van der Waals surface area contributed by atoms with E-state index in [1.165, 1.54) is 63.8 Å². The van der Waals surface area contributed by atoms with Crippen molar-refractivity contribution in [3.8, 4) is 11.5 Å². The molecule has 3 rings (SSSR count). The van der Waals surface area contributed by atoms with Crippen LogP contribution in [0.5, 0.6) is 11.5 Å². The first-order valence-electron chi connectivity index (χ1n) is 13.8. The molecule has 0 saturated carbocycles. The van der Waals surface area contributed by atoms with Crippen molar-refractivity contribution >= 4 is 28.6 Å². The van der Waals surface area contributed by atoms with Crippen LogP contribution in [0.1, 0.15) is 102 Å². The summed E-state index contributed by atoms with van der Waals surface area (Å²) < 4.78 is 12.7. The summed E-state index contributed by atoms with van der Waals surface area (Å²) in [6, 6.07) is 11.5. The van der Waals surface area contributed by atoms with E-state index in [9.17, 15) is 24.6 Å². The molecule has 0 fully saturated rings. The number of hydrogen-bond acceptors (Lipinski definition) is 5. The average molecular weight is 538 g/mol. The highest BCUT2D eigenvalue weighted by atomic mass is 16.5. The predicted octanol–water partition coefficient (Wildman–Crippen LogP) is 7.23. The molecule has 0 atom stereocenters. The lowest BCUT2D eigenvalue weighted by atomic mass is 10.0. The van der Waals surface area contributed by atoms with Gasteiger partial charge in [-0.2, -0.15) is 0 Å². The molecule has 1 aromatic heterocycles. The van der Waals surface area contributed by atoms with Gasteiger partial charge < -0.3 is 24.3 Å². The van der Waals surface area contributed by atoms with Crippen LogP contribution < -0.4 is 9.47 Å². The molecule has 0 bridgehead atoms. The number of nitrogens with zero attached hydrogens (tertiary/aromatic N) is 1. The van der Waals surface area contributed by atoms with Crippen molar-refractivity contribution in [3.63, 3.8) is 0 Å². The van der Waals surface area contributed by atoms with Gasteiger partial charge in [-0.1, -0.05) is 76.5 Å². The SMILES string of the molecule is CCCCCCCCCCCC(=O)c1c(C(=O)O)n(CCOc2ccc(C(=O)O)cc2OC)c2ccccc12. The molecule has 0 unspecified atom stereocenters. The van der Waals surface area contributed by atoms with Gasteiger partial charge in [-0.15, -0.1) is 0 Å². The van der Waals surface area contributed by atoms with Crippen LogP contribution in [0, 0.1) is 0 Å². The highest BCUT2D eigenvalue weighted by molar-refractivity contribution is 6.15. The molecule has 8 heteroatoms. The Morgan fingerprint density at radius 3 is 2.13 bits per heavy atom. The van der Waals surface area contributed by atoms with Crippen molar-refractivity contribution < 1.29 is 34.1 Å². The van der Waals surface area contributed by atoms with E-state index < -0.39 is 11.9 Å². The fourth-order valence-corrected chi connectivity index (χ4v) is 4.93. The molecule has 0 aliphatic rings. The first-order valence-corrected chi connectivity index (χ1v) is 13.8. The topological polar surface area (TPSA) is 115 Å². The van der Waals surface area contributed by atoms with Crippen LogP contribution in [-0.4, -0.2) is 46.2 Å². The average Bonchev–Trinajstić information content (AvgIpc) is 3.26. The molecule has 3 aromatic rings. The molecule has 2 N–H and O–H groups in total. The number of Topliss-reactive ketones (excluding diaryl/α,β-unsaturated/α-hetero) is 1. The van der Waals surface area contributed by atoms with Gasteiger partial charge in [0.25, 0.3) is 0 Å². The van der Waals surface area contributed by atoms with Crippen LogP contribution in [0.4, 0.5) is 0 Å². The molecule has 8 nitrogen and oxygen atoms in total. The van der Waals surface area contributed by atoms with Crippen LogP contribution >= 0.6 is 0 Å². The smallest absolute Gasteiger partial charge is 0.353 e. The van der Waals surface area contributed by atoms with Crippen molar-refractivity contribution in [3.05, 3.63) is 59.3 Å². The summed E-state index contributed by atoms with van der Waals surface area (Å²) in [5.41, 5.74) is 0.941. The normalized spacial score (nSPS) is 11.0. The van der Waals surface area contributed by atoms with Crippen molar-refractivity contribution in [2.75, 3.05) is 13.7 Å². The van der Waals surface area contributed by atoms with Gasteiger partial charge in [-0.25, -0.2) is 9.59 Å². The van der Waals surface area contributed by atoms with Crippen LogP contribution in [-0.2, 0) is 6.54 Å². The number of rotatable bonds is 18.